The molecule has 0 fully saturated rings. The Morgan fingerprint density at radius 1 is 1.00 bits per heavy atom. The first-order valence-corrected chi connectivity index (χ1v) is 13.3. The number of halogens is 1. The SMILES string of the molecule is COc1cc(OC)c(Br)c(-n2c(C(C)N(CCc3ccccc3)C(=O)C(C)C)nc3ccccc3c2=O)c1. The van der Waals surface area contributed by atoms with Gasteiger partial charge < -0.3 is 14.4 Å². The number of carbonyl (C=O) groups is 1. The Hall–Kier alpha value is -3.65. The van der Waals surface area contributed by atoms with E-state index in [-0.39, 0.29) is 17.4 Å². The molecule has 198 valence electrons. The van der Waals surface area contributed by atoms with Crippen LogP contribution in [0.25, 0.3) is 16.6 Å². The van der Waals surface area contributed by atoms with Gasteiger partial charge in [0.05, 0.1) is 41.3 Å². The zero-order valence-corrected chi connectivity index (χ0v) is 23.9. The minimum Gasteiger partial charge on any atom is -0.497 e. The molecule has 0 radical (unpaired) electrons. The lowest BCUT2D eigenvalue weighted by molar-refractivity contribution is -0.136. The molecule has 0 aliphatic carbocycles. The molecule has 1 atom stereocenters. The average molecular weight is 579 g/mol. The van der Waals surface area contributed by atoms with Crippen molar-refractivity contribution in [2.75, 3.05) is 20.8 Å². The third kappa shape index (κ3) is 5.45. The summed E-state index contributed by atoms with van der Waals surface area (Å²) < 4.78 is 13.2. The summed E-state index contributed by atoms with van der Waals surface area (Å²) in [6, 6.07) is 20.3. The summed E-state index contributed by atoms with van der Waals surface area (Å²) in [6.45, 7) is 6.17. The number of ether oxygens (including phenoxy) is 2. The number of aromatic nitrogens is 2. The Morgan fingerprint density at radius 2 is 1.68 bits per heavy atom. The molecule has 0 spiro atoms. The number of fused-ring (bicyclic) bond motifs is 1. The minimum atomic E-state index is -0.505. The van der Waals surface area contributed by atoms with Gasteiger partial charge in [-0.3, -0.25) is 14.2 Å². The molecule has 0 aliphatic rings. The Labute approximate surface area is 231 Å². The zero-order chi connectivity index (χ0) is 27.4. The average Bonchev–Trinajstić information content (AvgIpc) is 2.93. The summed E-state index contributed by atoms with van der Waals surface area (Å²) in [7, 11) is 3.12. The van der Waals surface area contributed by atoms with Gasteiger partial charge >= 0.3 is 0 Å². The molecule has 38 heavy (non-hydrogen) atoms. The van der Waals surface area contributed by atoms with Crippen LogP contribution in [0, 0.1) is 5.92 Å². The molecule has 0 aliphatic heterocycles. The quantitative estimate of drug-likeness (QED) is 0.245. The highest BCUT2D eigenvalue weighted by Crippen LogP contribution is 2.37. The van der Waals surface area contributed by atoms with E-state index < -0.39 is 6.04 Å². The van der Waals surface area contributed by atoms with Crippen LogP contribution in [0.2, 0.25) is 0 Å². The van der Waals surface area contributed by atoms with Crippen LogP contribution in [0.4, 0.5) is 0 Å². The van der Waals surface area contributed by atoms with E-state index in [2.05, 4.69) is 15.9 Å². The van der Waals surface area contributed by atoms with E-state index in [0.717, 1.165) is 5.56 Å². The Bertz CT molecular complexity index is 1500. The third-order valence-corrected chi connectivity index (χ3v) is 7.39. The largest absolute Gasteiger partial charge is 0.497 e. The van der Waals surface area contributed by atoms with Crippen LogP contribution in [0.3, 0.4) is 0 Å². The molecular weight excluding hydrogens is 546 g/mol. The smallest absolute Gasteiger partial charge is 0.266 e. The highest BCUT2D eigenvalue weighted by Gasteiger charge is 2.29. The van der Waals surface area contributed by atoms with E-state index in [4.69, 9.17) is 14.5 Å². The number of methoxy groups -OCH3 is 2. The number of amides is 1. The lowest BCUT2D eigenvalue weighted by Gasteiger charge is -2.32. The van der Waals surface area contributed by atoms with Gasteiger partial charge in [0.1, 0.15) is 17.3 Å². The Morgan fingerprint density at radius 3 is 2.34 bits per heavy atom. The Balaban J connectivity index is 1.94. The lowest BCUT2D eigenvalue weighted by atomic mass is 10.1. The number of rotatable bonds is 9. The van der Waals surface area contributed by atoms with Gasteiger partial charge in [-0.1, -0.05) is 56.3 Å². The molecule has 1 amide bonds. The first-order valence-electron chi connectivity index (χ1n) is 12.5. The summed E-state index contributed by atoms with van der Waals surface area (Å²) in [5.41, 5.74) is 1.98. The molecule has 1 heterocycles. The Kier molecular flexibility index (Phi) is 8.52. The normalized spacial score (nSPS) is 12.0. The van der Waals surface area contributed by atoms with Gasteiger partial charge in [0.15, 0.2) is 0 Å². The fourth-order valence-electron chi connectivity index (χ4n) is 4.51. The molecule has 0 N–H and O–H groups in total. The molecule has 1 aromatic heterocycles. The number of benzene rings is 3. The topological polar surface area (TPSA) is 73.7 Å². The standard InChI is InChI=1S/C30H32BrN3O4/c1-19(2)29(35)33(16-15-21-11-7-6-8-12-21)20(3)28-32-24-14-10-9-13-23(24)30(36)34(28)25-17-22(37-4)18-26(38-5)27(25)31/h6-14,17-20H,15-16H2,1-5H3. The molecule has 1 unspecified atom stereocenters. The first kappa shape index (κ1) is 27.4. The van der Waals surface area contributed by atoms with Crippen molar-refractivity contribution >= 4 is 32.7 Å². The fraction of sp³-hybridized carbons (Fsp3) is 0.300. The summed E-state index contributed by atoms with van der Waals surface area (Å²) in [6.07, 6.45) is 0.679. The number of hydrogen-bond acceptors (Lipinski definition) is 5. The van der Waals surface area contributed by atoms with Crippen LogP contribution >= 0.6 is 15.9 Å². The highest BCUT2D eigenvalue weighted by atomic mass is 79.9. The number of hydrogen-bond donors (Lipinski definition) is 0. The first-order chi connectivity index (χ1) is 18.3. The molecule has 0 saturated carbocycles. The van der Waals surface area contributed by atoms with E-state index in [1.54, 1.807) is 37.0 Å². The number of para-hydroxylation sites is 1. The van der Waals surface area contributed by atoms with Crippen LogP contribution in [-0.4, -0.2) is 41.1 Å². The van der Waals surface area contributed by atoms with Gasteiger partial charge in [0.2, 0.25) is 5.91 Å². The van der Waals surface area contributed by atoms with E-state index in [1.807, 2.05) is 74.2 Å². The maximum atomic E-state index is 14.0. The van der Waals surface area contributed by atoms with E-state index in [9.17, 15) is 9.59 Å². The fourth-order valence-corrected chi connectivity index (χ4v) is 5.08. The maximum Gasteiger partial charge on any atom is 0.266 e. The summed E-state index contributed by atoms with van der Waals surface area (Å²) in [5.74, 6) is 1.25. The second kappa shape index (κ2) is 11.8. The molecule has 0 saturated heterocycles. The van der Waals surface area contributed by atoms with Gasteiger partial charge in [-0.25, -0.2) is 4.98 Å². The molecule has 8 heteroatoms. The van der Waals surface area contributed by atoms with E-state index in [1.165, 1.54) is 0 Å². The summed E-state index contributed by atoms with van der Waals surface area (Å²) in [5, 5.41) is 0.475. The number of nitrogens with zero attached hydrogens (tertiary/aromatic N) is 3. The maximum absolute atomic E-state index is 14.0. The van der Waals surface area contributed by atoms with E-state index >= 15 is 0 Å². The van der Waals surface area contributed by atoms with Gasteiger partial charge in [-0.05, 0) is 47.0 Å². The van der Waals surface area contributed by atoms with Crippen LogP contribution in [0.5, 0.6) is 11.5 Å². The van der Waals surface area contributed by atoms with Gasteiger partial charge in [-0.2, -0.15) is 0 Å². The highest BCUT2D eigenvalue weighted by molar-refractivity contribution is 9.10. The summed E-state index contributed by atoms with van der Waals surface area (Å²) in [4.78, 5) is 34.3. The van der Waals surface area contributed by atoms with Crippen molar-refractivity contribution in [2.45, 2.75) is 33.2 Å². The number of carbonyl (C=O) groups excluding carboxylic acids is 1. The van der Waals surface area contributed by atoms with Gasteiger partial charge in [0, 0.05) is 24.6 Å². The van der Waals surface area contributed by atoms with Crippen molar-refractivity contribution in [1.29, 1.82) is 0 Å². The second-order valence-corrected chi connectivity index (χ2v) is 10.2. The zero-order valence-electron chi connectivity index (χ0n) is 22.3. The predicted octanol–water partition coefficient (Wildman–Crippen LogP) is 5.95. The molecule has 4 rings (SSSR count). The molecule has 0 bridgehead atoms. The van der Waals surface area contributed by atoms with Crippen LogP contribution in [0.1, 0.15) is 38.2 Å². The van der Waals surface area contributed by atoms with Crippen LogP contribution in [0.15, 0.2) is 76.0 Å². The minimum absolute atomic E-state index is 0.00956. The third-order valence-electron chi connectivity index (χ3n) is 6.59. The van der Waals surface area contributed by atoms with Crippen LogP contribution in [-0.2, 0) is 11.2 Å². The van der Waals surface area contributed by atoms with Crippen molar-refractivity contribution in [3.05, 3.63) is 92.9 Å². The van der Waals surface area contributed by atoms with Crippen molar-refractivity contribution < 1.29 is 14.3 Å². The van der Waals surface area contributed by atoms with Crippen molar-refractivity contribution in [3.63, 3.8) is 0 Å². The molecule has 3 aromatic carbocycles. The van der Waals surface area contributed by atoms with Crippen molar-refractivity contribution in [1.82, 2.24) is 14.5 Å². The molecule has 4 aromatic rings. The van der Waals surface area contributed by atoms with Gasteiger partial charge in [0.25, 0.3) is 5.56 Å². The molecular formula is C30H32BrN3O4. The summed E-state index contributed by atoms with van der Waals surface area (Å²) >= 11 is 3.62. The molecule has 7 nitrogen and oxygen atoms in total. The predicted molar refractivity (Wildman–Crippen MR) is 153 cm³/mol. The van der Waals surface area contributed by atoms with Crippen LogP contribution < -0.4 is 15.0 Å². The lowest BCUT2D eigenvalue weighted by Crippen LogP contribution is -2.40. The monoisotopic (exact) mass is 577 g/mol. The second-order valence-electron chi connectivity index (χ2n) is 9.39. The van der Waals surface area contributed by atoms with Gasteiger partial charge in [-0.15, -0.1) is 0 Å². The van der Waals surface area contributed by atoms with E-state index in [0.29, 0.717) is 51.4 Å². The van der Waals surface area contributed by atoms with Crippen molar-refractivity contribution in [3.8, 4) is 17.2 Å². The van der Waals surface area contributed by atoms with Crippen molar-refractivity contribution in [2.24, 2.45) is 5.92 Å².